The van der Waals surface area contributed by atoms with Gasteiger partial charge in [-0.25, -0.2) is 0 Å². The van der Waals surface area contributed by atoms with Crippen molar-refractivity contribution in [2.24, 2.45) is 0 Å². The summed E-state index contributed by atoms with van der Waals surface area (Å²) in [6.07, 6.45) is 0.441. The van der Waals surface area contributed by atoms with Crippen LogP contribution in [0.3, 0.4) is 0 Å². The summed E-state index contributed by atoms with van der Waals surface area (Å²) in [5.41, 5.74) is 1.05. The van der Waals surface area contributed by atoms with E-state index in [0.717, 1.165) is 17.1 Å². The van der Waals surface area contributed by atoms with Crippen molar-refractivity contribution >= 4 is 0 Å². The summed E-state index contributed by atoms with van der Waals surface area (Å²) in [5.74, 6) is 1.55. The van der Waals surface area contributed by atoms with Gasteiger partial charge in [0.1, 0.15) is 13.2 Å². The van der Waals surface area contributed by atoms with E-state index in [4.69, 9.17) is 14.7 Å². The highest BCUT2D eigenvalue weighted by atomic mass is 16.6. The lowest BCUT2D eigenvalue weighted by molar-refractivity contribution is 0.171. The molecule has 0 saturated carbocycles. The maximum Gasteiger partial charge on any atom is 0.161 e. The van der Waals surface area contributed by atoms with Gasteiger partial charge in [0, 0.05) is 6.04 Å². The summed E-state index contributed by atoms with van der Waals surface area (Å²) in [7, 11) is 1.85. The van der Waals surface area contributed by atoms with E-state index in [2.05, 4.69) is 11.4 Å². The van der Waals surface area contributed by atoms with Crippen molar-refractivity contribution < 1.29 is 9.47 Å². The molecule has 16 heavy (non-hydrogen) atoms. The number of fused-ring (bicyclic) bond motifs is 1. The second-order valence-corrected chi connectivity index (χ2v) is 3.61. The fourth-order valence-electron chi connectivity index (χ4n) is 1.75. The molecule has 0 saturated heterocycles. The molecular formula is C12H14N2O2. The summed E-state index contributed by atoms with van der Waals surface area (Å²) < 4.78 is 10.9. The zero-order chi connectivity index (χ0) is 11.4. The number of nitriles is 1. The number of ether oxygens (including phenoxy) is 2. The van der Waals surface area contributed by atoms with Crippen molar-refractivity contribution in [2.75, 3.05) is 20.3 Å². The van der Waals surface area contributed by atoms with Crippen molar-refractivity contribution in [3.8, 4) is 17.6 Å². The van der Waals surface area contributed by atoms with Gasteiger partial charge in [-0.15, -0.1) is 0 Å². The van der Waals surface area contributed by atoms with Crippen molar-refractivity contribution in [3.63, 3.8) is 0 Å². The molecule has 1 N–H and O–H groups in total. The molecule has 1 aromatic rings. The molecule has 0 amide bonds. The Balaban J connectivity index is 2.25. The molecule has 0 spiro atoms. The molecule has 4 nitrogen and oxygen atoms in total. The molecule has 0 bridgehead atoms. The number of hydrogen-bond donors (Lipinski definition) is 1. The standard InChI is InChI=1S/C12H14N2O2/c1-14-10(4-5-13)9-2-3-11-12(8-9)16-7-6-15-11/h2-3,8,10,14H,4,6-7H2,1H3. The third-order valence-electron chi connectivity index (χ3n) is 2.61. The third kappa shape index (κ3) is 2.10. The lowest BCUT2D eigenvalue weighted by Crippen LogP contribution is -2.18. The highest BCUT2D eigenvalue weighted by Gasteiger charge is 2.15. The molecule has 1 atom stereocenters. The zero-order valence-electron chi connectivity index (χ0n) is 9.19. The van der Waals surface area contributed by atoms with Crippen LogP contribution in [0, 0.1) is 11.3 Å². The molecule has 1 aliphatic rings. The van der Waals surface area contributed by atoms with Crippen LogP contribution in [0.1, 0.15) is 18.0 Å². The maximum absolute atomic E-state index is 8.72. The summed E-state index contributed by atoms with van der Waals surface area (Å²) in [5, 5.41) is 11.8. The van der Waals surface area contributed by atoms with Crippen molar-refractivity contribution in [3.05, 3.63) is 23.8 Å². The molecule has 4 heteroatoms. The van der Waals surface area contributed by atoms with E-state index in [-0.39, 0.29) is 6.04 Å². The highest BCUT2D eigenvalue weighted by molar-refractivity contribution is 5.44. The van der Waals surface area contributed by atoms with Crippen molar-refractivity contribution in [1.29, 1.82) is 5.26 Å². The summed E-state index contributed by atoms with van der Waals surface area (Å²) in [6.45, 7) is 1.18. The van der Waals surface area contributed by atoms with Crippen LogP contribution < -0.4 is 14.8 Å². The lowest BCUT2D eigenvalue weighted by atomic mass is 10.0. The predicted molar refractivity (Wildman–Crippen MR) is 59.5 cm³/mol. The van der Waals surface area contributed by atoms with E-state index in [1.165, 1.54) is 0 Å². The average molecular weight is 218 g/mol. The van der Waals surface area contributed by atoms with Gasteiger partial charge in [0.15, 0.2) is 11.5 Å². The van der Waals surface area contributed by atoms with Crippen LogP contribution in [0.15, 0.2) is 18.2 Å². The Morgan fingerprint density at radius 3 is 2.81 bits per heavy atom. The third-order valence-corrected chi connectivity index (χ3v) is 2.61. The van der Waals surface area contributed by atoms with Crippen LogP contribution in [-0.2, 0) is 0 Å². The normalized spacial score (nSPS) is 15.2. The zero-order valence-corrected chi connectivity index (χ0v) is 9.19. The first-order valence-electron chi connectivity index (χ1n) is 5.29. The van der Waals surface area contributed by atoms with E-state index < -0.39 is 0 Å². The molecule has 2 rings (SSSR count). The van der Waals surface area contributed by atoms with Gasteiger partial charge in [0.05, 0.1) is 12.5 Å². The molecule has 1 unspecified atom stereocenters. The highest BCUT2D eigenvalue weighted by Crippen LogP contribution is 2.33. The minimum atomic E-state index is 0.0424. The van der Waals surface area contributed by atoms with Gasteiger partial charge in [0.25, 0.3) is 0 Å². The minimum absolute atomic E-state index is 0.0424. The van der Waals surface area contributed by atoms with Crippen LogP contribution in [-0.4, -0.2) is 20.3 Å². The fourth-order valence-corrected chi connectivity index (χ4v) is 1.75. The topological polar surface area (TPSA) is 54.3 Å². The Hall–Kier alpha value is -1.73. The van der Waals surface area contributed by atoms with Crippen LogP contribution in [0.25, 0.3) is 0 Å². The number of nitrogens with one attached hydrogen (secondary N) is 1. The molecule has 1 heterocycles. The van der Waals surface area contributed by atoms with Gasteiger partial charge in [-0.2, -0.15) is 5.26 Å². The molecule has 0 aliphatic carbocycles. The van der Waals surface area contributed by atoms with E-state index in [1.54, 1.807) is 0 Å². The quantitative estimate of drug-likeness (QED) is 0.837. The second-order valence-electron chi connectivity index (χ2n) is 3.61. The maximum atomic E-state index is 8.72. The molecule has 0 fully saturated rings. The first-order valence-corrected chi connectivity index (χ1v) is 5.29. The molecule has 1 aromatic carbocycles. The Bertz CT molecular complexity index is 412. The van der Waals surface area contributed by atoms with Crippen LogP contribution >= 0.6 is 0 Å². The predicted octanol–water partition coefficient (Wildman–Crippen LogP) is 1.63. The van der Waals surface area contributed by atoms with E-state index in [0.29, 0.717) is 19.6 Å². The SMILES string of the molecule is CNC(CC#N)c1ccc2c(c1)OCCO2. The van der Waals surface area contributed by atoms with Gasteiger partial charge in [-0.1, -0.05) is 6.07 Å². The lowest BCUT2D eigenvalue weighted by Gasteiger charge is -2.21. The Morgan fingerprint density at radius 2 is 2.12 bits per heavy atom. The molecule has 84 valence electrons. The van der Waals surface area contributed by atoms with Gasteiger partial charge < -0.3 is 14.8 Å². The van der Waals surface area contributed by atoms with Crippen molar-refractivity contribution in [2.45, 2.75) is 12.5 Å². The largest absolute Gasteiger partial charge is 0.486 e. The Kier molecular flexibility index (Phi) is 3.28. The number of nitrogens with zero attached hydrogens (tertiary/aromatic N) is 1. The van der Waals surface area contributed by atoms with E-state index >= 15 is 0 Å². The average Bonchev–Trinajstić information content (AvgIpc) is 2.35. The van der Waals surface area contributed by atoms with Gasteiger partial charge in [-0.05, 0) is 24.7 Å². The minimum Gasteiger partial charge on any atom is -0.486 e. The molecular weight excluding hydrogens is 204 g/mol. The second kappa shape index (κ2) is 4.86. The number of hydrogen-bond acceptors (Lipinski definition) is 4. The molecule has 0 radical (unpaired) electrons. The smallest absolute Gasteiger partial charge is 0.161 e. The van der Waals surface area contributed by atoms with Crippen LogP contribution in [0.5, 0.6) is 11.5 Å². The number of rotatable bonds is 3. The van der Waals surface area contributed by atoms with E-state index in [9.17, 15) is 0 Å². The first-order chi connectivity index (χ1) is 7.85. The number of benzene rings is 1. The van der Waals surface area contributed by atoms with Crippen LogP contribution in [0.4, 0.5) is 0 Å². The van der Waals surface area contributed by atoms with E-state index in [1.807, 2.05) is 25.2 Å². The van der Waals surface area contributed by atoms with Gasteiger partial charge in [-0.3, -0.25) is 0 Å². The van der Waals surface area contributed by atoms with Gasteiger partial charge in [0.2, 0.25) is 0 Å². The first kappa shape index (κ1) is 10.8. The summed E-state index contributed by atoms with van der Waals surface area (Å²) in [6, 6.07) is 8.00. The Morgan fingerprint density at radius 1 is 1.38 bits per heavy atom. The fraction of sp³-hybridized carbons (Fsp3) is 0.417. The Labute approximate surface area is 94.8 Å². The molecule has 1 aliphatic heterocycles. The monoisotopic (exact) mass is 218 g/mol. The van der Waals surface area contributed by atoms with Crippen molar-refractivity contribution in [1.82, 2.24) is 5.32 Å². The summed E-state index contributed by atoms with van der Waals surface area (Å²) in [4.78, 5) is 0. The molecule has 0 aromatic heterocycles. The van der Waals surface area contributed by atoms with Crippen LogP contribution in [0.2, 0.25) is 0 Å². The summed E-state index contributed by atoms with van der Waals surface area (Å²) >= 11 is 0. The van der Waals surface area contributed by atoms with Gasteiger partial charge >= 0.3 is 0 Å².